The first-order chi connectivity index (χ1) is 13.4. The van der Waals surface area contributed by atoms with Crippen molar-refractivity contribution in [1.29, 1.82) is 0 Å². The lowest BCUT2D eigenvalue weighted by Gasteiger charge is -2.32. The second-order valence-electron chi connectivity index (χ2n) is 7.93. The third-order valence-electron chi connectivity index (χ3n) is 5.91. The van der Waals surface area contributed by atoms with Crippen LogP contribution in [0.25, 0.3) is 0 Å². The van der Waals surface area contributed by atoms with Crippen LogP contribution in [-0.2, 0) is 6.54 Å². The summed E-state index contributed by atoms with van der Waals surface area (Å²) in [4.78, 5) is 12.8. The van der Waals surface area contributed by atoms with Gasteiger partial charge in [0.15, 0.2) is 5.69 Å². The zero-order valence-electron chi connectivity index (χ0n) is 16.6. The number of nitrogens with one attached hydrogen (secondary N) is 1. The smallest absolute Gasteiger partial charge is 0.272 e. The van der Waals surface area contributed by atoms with Crippen molar-refractivity contribution in [3.05, 3.63) is 41.1 Å². The summed E-state index contributed by atoms with van der Waals surface area (Å²) in [5.74, 6) is 1.30. The van der Waals surface area contributed by atoms with E-state index in [2.05, 4.69) is 23.4 Å². The molecule has 3 atom stereocenters. The molecule has 1 aromatic heterocycles. The molecule has 150 valence electrons. The molecule has 0 aliphatic carbocycles. The van der Waals surface area contributed by atoms with Gasteiger partial charge in [-0.15, -0.1) is 0 Å². The normalized spacial score (nSPS) is 26.3. The predicted octanol–water partition coefficient (Wildman–Crippen LogP) is 2.41. The van der Waals surface area contributed by atoms with Crippen molar-refractivity contribution in [1.82, 2.24) is 15.1 Å². The molecule has 7 heteroatoms. The molecule has 1 amide bonds. The average molecular weight is 385 g/mol. The van der Waals surface area contributed by atoms with Gasteiger partial charge < -0.3 is 19.9 Å². The highest BCUT2D eigenvalue weighted by molar-refractivity contribution is 5.92. The summed E-state index contributed by atoms with van der Waals surface area (Å²) in [6.07, 6.45) is 1.16. The largest absolute Gasteiger partial charge is 0.491 e. The average Bonchev–Trinajstić information content (AvgIpc) is 3.04. The van der Waals surface area contributed by atoms with Gasteiger partial charge in [0, 0.05) is 18.5 Å². The predicted molar refractivity (Wildman–Crippen MR) is 104 cm³/mol. The van der Waals surface area contributed by atoms with Crippen molar-refractivity contribution < 1.29 is 19.4 Å². The van der Waals surface area contributed by atoms with Crippen LogP contribution in [0.5, 0.6) is 11.6 Å². The van der Waals surface area contributed by atoms with Gasteiger partial charge in [-0.1, -0.05) is 31.5 Å². The Labute approximate surface area is 164 Å². The molecule has 2 aliphatic heterocycles. The zero-order valence-corrected chi connectivity index (χ0v) is 16.6. The van der Waals surface area contributed by atoms with Crippen molar-refractivity contribution in [2.45, 2.75) is 57.7 Å². The third-order valence-corrected chi connectivity index (χ3v) is 5.91. The van der Waals surface area contributed by atoms with Gasteiger partial charge in [0.25, 0.3) is 5.91 Å². The van der Waals surface area contributed by atoms with Gasteiger partial charge in [-0.2, -0.15) is 5.10 Å². The standard InChI is InChI=1S/C21H27N3O4/c1-4-21(26)7-8-24-19(28-12-21)10-16(23-24)20(25)22-17-11-27-18-6-5-13(2)9-15(18)14(17)3/h5-6,9-10,14,17,26H,4,7-8,11-12H2,1-3H3,(H,22,25). The van der Waals surface area contributed by atoms with E-state index in [9.17, 15) is 9.90 Å². The highest BCUT2D eigenvalue weighted by Crippen LogP contribution is 2.34. The number of aliphatic hydroxyl groups is 1. The molecule has 1 aromatic carbocycles. The van der Waals surface area contributed by atoms with Crippen molar-refractivity contribution in [2.24, 2.45) is 0 Å². The van der Waals surface area contributed by atoms with Crippen LogP contribution in [0.4, 0.5) is 0 Å². The highest BCUT2D eigenvalue weighted by atomic mass is 16.5. The summed E-state index contributed by atoms with van der Waals surface area (Å²) in [5, 5.41) is 17.9. The fraction of sp³-hybridized carbons (Fsp3) is 0.524. The molecule has 0 spiro atoms. The van der Waals surface area contributed by atoms with Crippen LogP contribution in [0.1, 0.15) is 54.2 Å². The van der Waals surface area contributed by atoms with Crippen LogP contribution in [0, 0.1) is 6.92 Å². The minimum Gasteiger partial charge on any atom is -0.491 e. The molecule has 3 heterocycles. The van der Waals surface area contributed by atoms with E-state index in [1.54, 1.807) is 10.7 Å². The first kappa shape index (κ1) is 18.8. The van der Waals surface area contributed by atoms with Gasteiger partial charge in [0.1, 0.15) is 24.6 Å². The molecule has 4 rings (SSSR count). The van der Waals surface area contributed by atoms with Crippen LogP contribution in [0.3, 0.4) is 0 Å². The molecule has 2 aromatic rings. The maximum absolute atomic E-state index is 12.8. The summed E-state index contributed by atoms with van der Waals surface area (Å²) in [7, 11) is 0. The fourth-order valence-electron chi connectivity index (χ4n) is 3.77. The van der Waals surface area contributed by atoms with E-state index < -0.39 is 5.60 Å². The second-order valence-corrected chi connectivity index (χ2v) is 7.93. The number of carbonyl (C=O) groups excluding carboxylic acids is 1. The van der Waals surface area contributed by atoms with Crippen LogP contribution < -0.4 is 14.8 Å². The lowest BCUT2D eigenvalue weighted by atomic mass is 9.89. The summed E-state index contributed by atoms with van der Waals surface area (Å²) in [6, 6.07) is 7.64. The molecule has 28 heavy (non-hydrogen) atoms. The number of nitrogens with zero attached hydrogens (tertiary/aromatic N) is 2. The van der Waals surface area contributed by atoms with E-state index >= 15 is 0 Å². The lowest BCUT2D eigenvalue weighted by Crippen LogP contribution is -2.45. The summed E-state index contributed by atoms with van der Waals surface area (Å²) in [6.45, 7) is 7.23. The molecule has 3 unspecified atom stereocenters. The number of carbonyl (C=O) groups is 1. The van der Waals surface area contributed by atoms with Crippen molar-refractivity contribution in [3.63, 3.8) is 0 Å². The molecule has 0 saturated heterocycles. The van der Waals surface area contributed by atoms with Gasteiger partial charge in [-0.25, -0.2) is 4.68 Å². The van der Waals surface area contributed by atoms with Crippen molar-refractivity contribution in [3.8, 4) is 11.6 Å². The molecule has 0 bridgehead atoms. The Morgan fingerprint density at radius 2 is 2.21 bits per heavy atom. The first-order valence-corrected chi connectivity index (χ1v) is 9.86. The Bertz CT molecular complexity index is 866. The number of fused-ring (bicyclic) bond motifs is 2. The Balaban J connectivity index is 1.46. The molecular formula is C21H27N3O4. The fourth-order valence-corrected chi connectivity index (χ4v) is 3.77. The number of aryl methyl sites for hydroxylation is 2. The first-order valence-electron chi connectivity index (χ1n) is 9.86. The molecule has 2 N–H and O–H groups in total. The molecular weight excluding hydrogens is 358 g/mol. The number of ether oxygens (including phenoxy) is 2. The maximum Gasteiger partial charge on any atom is 0.272 e. The van der Waals surface area contributed by atoms with Gasteiger partial charge in [0.05, 0.1) is 6.04 Å². The maximum atomic E-state index is 12.8. The molecule has 0 saturated carbocycles. The molecule has 0 radical (unpaired) electrons. The second kappa shape index (κ2) is 7.13. The molecule has 0 fully saturated rings. The SMILES string of the molecule is CCC1(O)CCn2nc(C(=O)NC3COc4ccc(C)cc4C3C)cc2OC1. The van der Waals surface area contributed by atoms with Crippen LogP contribution >= 0.6 is 0 Å². The zero-order chi connectivity index (χ0) is 19.9. The van der Waals surface area contributed by atoms with Gasteiger partial charge in [0.2, 0.25) is 5.88 Å². The number of rotatable bonds is 3. The number of hydrogen-bond acceptors (Lipinski definition) is 5. The van der Waals surface area contributed by atoms with Gasteiger partial charge >= 0.3 is 0 Å². The Morgan fingerprint density at radius 1 is 1.39 bits per heavy atom. The lowest BCUT2D eigenvalue weighted by molar-refractivity contribution is -0.0100. The minimum atomic E-state index is -0.844. The Hall–Kier alpha value is -2.54. The quantitative estimate of drug-likeness (QED) is 0.847. The number of aromatic nitrogens is 2. The van der Waals surface area contributed by atoms with E-state index in [0.29, 0.717) is 37.6 Å². The van der Waals surface area contributed by atoms with Gasteiger partial charge in [-0.3, -0.25) is 4.79 Å². The van der Waals surface area contributed by atoms with Crippen molar-refractivity contribution >= 4 is 5.91 Å². The van der Waals surface area contributed by atoms with E-state index in [4.69, 9.17) is 9.47 Å². The number of benzene rings is 1. The topological polar surface area (TPSA) is 85.6 Å². The summed E-state index contributed by atoms with van der Waals surface area (Å²) < 4.78 is 13.2. The van der Waals surface area contributed by atoms with E-state index in [1.807, 2.05) is 26.0 Å². The Morgan fingerprint density at radius 3 is 3.00 bits per heavy atom. The van der Waals surface area contributed by atoms with Crippen molar-refractivity contribution in [2.75, 3.05) is 13.2 Å². The monoisotopic (exact) mass is 385 g/mol. The Kier molecular flexibility index (Phi) is 4.79. The summed E-state index contributed by atoms with van der Waals surface area (Å²) in [5.41, 5.74) is 1.76. The third kappa shape index (κ3) is 3.46. The van der Waals surface area contributed by atoms with E-state index in [0.717, 1.165) is 11.3 Å². The highest BCUT2D eigenvalue weighted by Gasteiger charge is 2.32. The van der Waals surface area contributed by atoms with Crippen LogP contribution in [0.2, 0.25) is 0 Å². The minimum absolute atomic E-state index is 0.130. The van der Waals surface area contributed by atoms with E-state index in [-0.39, 0.29) is 24.5 Å². The van der Waals surface area contributed by atoms with E-state index in [1.165, 1.54) is 5.56 Å². The number of amides is 1. The van der Waals surface area contributed by atoms with Crippen LogP contribution in [-0.4, -0.2) is 45.7 Å². The number of hydrogen-bond donors (Lipinski definition) is 2. The summed E-state index contributed by atoms with van der Waals surface area (Å²) >= 11 is 0. The van der Waals surface area contributed by atoms with Crippen LogP contribution in [0.15, 0.2) is 24.3 Å². The van der Waals surface area contributed by atoms with Gasteiger partial charge in [-0.05, 0) is 31.4 Å². The molecule has 2 aliphatic rings. The molecule has 7 nitrogen and oxygen atoms in total.